The number of benzene rings is 1. The molecule has 6 heteroatoms. The number of rotatable bonds is 5. The Morgan fingerprint density at radius 2 is 2.09 bits per heavy atom. The molecule has 23 heavy (non-hydrogen) atoms. The lowest BCUT2D eigenvalue weighted by atomic mass is 9.96. The fraction of sp³-hybridized carbons (Fsp3) is 0.529. The molecule has 1 aliphatic heterocycles. The molecule has 0 spiro atoms. The Kier molecular flexibility index (Phi) is 6.42. The van der Waals surface area contributed by atoms with Crippen molar-refractivity contribution in [2.45, 2.75) is 32.2 Å². The lowest BCUT2D eigenvalue weighted by molar-refractivity contribution is -0.146. The van der Waals surface area contributed by atoms with Gasteiger partial charge in [0.05, 0.1) is 13.2 Å². The minimum absolute atomic E-state index is 0.0989. The van der Waals surface area contributed by atoms with Crippen LogP contribution in [0.15, 0.2) is 24.3 Å². The Morgan fingerprint density at radius 1 is 1.39 bits per heavy atom. The number of hydrogen-bond acceptors (Lipinski definition) is 3. The van der Waals surface area contributed by atoms with E-state index < -0.39 is 6.04 Å². The van der Waals surface area contributed by atoms with Gasteiger partial charge in [0.2, 0.25) is 11.8 Å². The molecule has 5 nitrogen and oxygen atoms in total. The average molecular weight is 339 g/mol. The summed E-state index contributed by atoms with van der Waals surface area (Å²) in [5.74, 6) is -0.0444. The van der Waals surface area contributed by atoms with E-state index in [-0.39, 0.29) is 24.3 Å². The Balaban J connectivity index is 1.96. The lowest BCUT2D eigenvalue weighted by Crippen LogP contribution is -2.55. The number of carbonyl (C=O) groups excluding carboxylic acids is 2. The summed E-state index contributed by atoms with van der Waals surface area (Å²) < 4.78 is 5.35. The summed E-state index contributed by atoms with van der Waals surface area (Å²) in [6.45, 7) is 5.28. The van der Waals surface area contributed by atoms with Gasteiger partial charge in [0.25, 0.3) is 0 Å². The second kappa shape index (κ2) is 8.31. The first-order chi connectivity index (χ1) is 11.0. The van der Waals surface area contributed by atoms with E-state index in [2.05, 4.69) is 12.2 Å². The number of amides is 2. The van der Waals surface area contributed by atoms with Crippen LogP contribution in [-0.2, 0) is 14.3 Å². The molecule has 0 unspecified atom stereocenters. The third kappa shape index (κ3) is 4.69. The van der Waals surface area contributed by atoms with Crippen molar-refractivity contribution in [3.05, 3.63) is 34.9 Å². The summed E-state index contributed by atoms with van der Waals surface area (Å²) in [7, 11) is 0. The number of carbonyl (C=O) groups is 2. The molecule has 1 heterocycles. The van der Waals surface area contributed by atoms with Crippen molar-refractivity contribution in [1.29, 1.82) is 0 Å². The first-order valence-corrected chi connectivity index (χ1v) is 8.28. The van der Waals surface area contributed by atoms with E-state index in [4.69, 9.17) is 16.3 Å². The van der Waals surface area contributed by atoms with Crippen LogP contribution in [0, 0.1) is 0 Å². The molecule has 1 aromatic carbocycles. The molecular weight excluding hydrogens is 316 g/mol. The first kappa shape index (κ1) is 17.8. The number of hydrogen-bond donors (Lipinski definition) is 1. The van der Waals surface area contributed by atoms with E-state index in [9.17, 15) is 9.59 Å². The fourth-order valence-electron chi connectivity index (χ4n) is 2.77. The van der Waals surface area contributed by atoms with Crippen molar-refractivity contribution in [2.24, 2.45) is 0 Å². The highest BCUT2D eigenvalue weighted by Crippen LogP contribution is 2.21. The van der Waals surface area contributed by atoms with Crippen molar-refractivity contribution in [3.63, 3.8) is 0 Å². The highest BCUT2D eigenvalue weighted by atomic mass is 35.5. The summed E-state index contributed by atoms with van der Waals surface area (Å²) in [6.07, 6.45) is 0.902. The third-order valence-electron chi connectivity index (χ3n) is 4.19. The standard InChI is InChI=1S/C17H23ClN2O3/c1-3-13(14-4-6-15(18)7-5-14)10-19-17(22)16-11-23-9-8-20(16)12(2)21/h4-7,13,16H,3,8-11H2,1-2H3,(H,19,22)/t13-,16-/m0/s1. The minimum atomic E-state index is -0.538. The number of morpholine rings is 1. The van der Waals surface area contributed by atoms with Crippen LogP contribution in [0.3, 0.4) is 0 Å². The van der Waals surface area contributed by atoms with Crippen molar-refractivity contribution >= 4 is 23.4 Å². The van der Waals surface area contributed by atoms with Gasteiger partial charge in [-0.2, -0.15) is 0 Å². The van der Waals surface area contributed by atoms with Crippen LogP contribution >= 0.6 is 11.6 Å². The topological polar surface area (TPSA) is 58.6 Å². The van der Waals surface area contributed by atoms with Gasteiger partial charge in [0.1, 0.15) is 6.04 Å². The van der Waals surface area contributed by atoms with Gasteiger partial charge in [-0.15, -0.1) is 0 Å². The molecule has 0 saturated carbocycles. The molecule has 0 aliphatic carbocycles. The average Bonchev–Trinajstić information content (AvgIpc) is 2.56. The van der Waals surface area contributed by atoms with Crippen LogP contribution in [0.4, 0.5) is 0 Å². The maximum atomic E-state index is 12.4. The van der Waals surface area contributed by atoms with E-state index in [1.165, 1.54) is 6.92 Å². The van der Waals surface area contributed by atoms with Crippen molar-refractivity contribution < 1.29 is 14.3 Å². The van der Waals surface area contributed by atoms with E-state index in [1.54, 1.807) is 4.90 Å². The SMILES string of the molecule is CC[C@@H](CNC(=O)[C@@H]1COCCN1C(C)=O)c1ccc(Cl)cc1. The van der Waals surface area contributed by atoms with E-state index in [0.29, 0.717) is 24.7 Å². The zero-order valence-corrected chi connectivity index (χ0v) is 14.3. The van der Waals surface area contributed by atoms with E-state index >= 15 is 0 Å². The monoisotopic (exact) mass is 338 g/mol. The highest BCUT2D eigenvalue weighted by Gasteiger charge is 2.31. The molecule has 0 aromatic heterocycles. The Hall–Kier alpha value is -1.59. The summed E-state index contributed by atoms with van der Waals surface area (Å²) in [4.78, 5) is 25.6. The van der Waals surface area contributed by atoms with E-state index in [0.717, 1.165) is 12.0 Å². The number of ether oxygens (including phenoxy) is 1. The zero-order valence-electron chi connectivity index (χ0n) is 13.5. The third-order valence-corrected chi connectivity index (χ3v) is 4.44. The highest BCUT2D eigenvalue weighted by molar-refractivity contribution is 6.30. The van der Waals surface area contributed by atoms with Crippen molar-refractivity contribution in [1.82, 2.24) is 10.2 Å². The molecule has 126 valence electrons. The molecule has 1 aliphatic rings. The van der Waals surface area contributed by atoms with E-state index in [1.807, 2.05) is 24.3 Å². The van der Waals surface area contributed by atoms with Crippen LogP contribution in [0.2, 0.25) is 5.02 Å². The summed E-state index contributed by atoms with van der Waals surface area (Å²) in [5.41, 5.74) is 1.14. The molecule has 2 atom stereocenters. The normalized spacial score (nSPS) is 19.3. The first-order valence-electron chi connectivity index (χ1n) is 7.91. The Morgan fingerprint density at radius 3 is 2.70 bits per heavy atom. The number of halogens is 1. The fourth-order valence-corrected chi connectivity index (χ4v) is 2.90. The van der Waals surface area contributed by atoms with Crippen molar-refractivity contribution in [2.75, 3.05) is 26.3 Å². The second-order valence-corrected chi connectivity index (χ2v) is 6.14. The van der Waals surface area contributed by atoms with Crippen LogP contribution in [0.25, 0.3) is 0 Å². The van der Waals surface area contributed by atoms with Gasteiger partial charge in [-0.25, -0.2) is 0 Å². The second-order valence-electron chi connectivity index (χ2n) is 5.70. The molecule has 1 N–H and O–H groups in total. The molecule has 2 rings (SSSR count). The molecule has 2 amide bonds. The number of nitrogens with one attached hydrogen (secondary N) is 1. The quantitative estimate of drug-likeness (QED) is 0.895. The predicted octanol–water partition coefficient (Wildman–Crippen LogP) is 2.20. The van der Waals surface area contributed by atoms with Crippen LogP contribution in [0.5, 0.6) is 0 Å². The smallest absolute Gasteiger partial charge is 0.245 e. The molecule has 1 saturated heterocycles. The van der Waals surface area contributed by atoms with Gasteiger partial charge < -0.3 is 15.0 Å². The van der Waals surface area contributed by atoms with Crippen LogP contribution in [0.1, 0.15) is 31.7 Å². The van der Waals surface area contributed by atoms with Gasteiger partial charge in [0, 0.05) is 31.0 Å². The van der Waals surface area contributed by atoms with Crippen molar-refractivity contribution in [3.8, 4) is 0 Å². The Labute approximate surface area is 141 Å². The maximum absolute atomic E-state index is 12.4. The Bertz CT molecular complexity index is 547. The summed E-state index contributed by atoms with van der Waals surface area (Å²) >= 11 is 5.91. The molecular formula is C17H23ClN2O3. The van der Waals surface area contributed by atoms with Crippen LogP contribution in [-0.4, -0.2) is 49.1 Å². The largest absolute Gasteiger partial charge is 0.377 e. The van der Waals surface area contributed by atoms with Gasteiger partial charge >= 0.3 is 0 Å². The maximum Gasteiger partial charge on any atom is 0.245 e. The summed E-state index contributed by atoms with van der Waals surface area (Å²) in [6, 6.07) is 7.13. The molecule has 0 radical (unpaired) electrons. The van der Waals surface area contributed by atoms with Crippen LogP contribution < -0.4 is 5.32 Å². The van der Waals surface area contributed by atoms with Gasteiger partial charge in [-0.3, -0.25) is 9.59 Å². The predicted molar refractivity (Wildman–Crippen MR) is 89.5 cm³/mol. The number of nitrogens with zero attached hydrogens (tertiary/aromatic N) is 1. The van der Waals surface area contributed by atoms with Gasteiger partial charge in [-0.05, 0) is 24.1 Å². The molecule has 1 aromatic rings. The minimum Gasteiger partial charge on any atom is -0.377 e. The summed E-state index contributed by atoms with van der Waals surface area (Å²) in [5, 5.41) is 3.65. The molecule has 0 bridgehead atoms. The lowest BCUT2D eigenvalue weighted by Gasteiger charge is -2.34. The van der Waals surface area contributed by atoms with Gasteiger partial charge in [-0.1, -0.05) is 30.7 Å². The zero-order chi connectivity index (χ0) is 16.8. The molecule has 1 fully saturated rings. The van der Waals surface area contributed by atoms with Gasteiger partial charge in [0.15, 0.2) is 0 Å².